The Bertz CT molecular complexity index is 357. The Morgan fingerprint density at radius 2 is 2.00 bits per heavy atom. The molecule has 1 fully saturated rings. The summed E-state index contributed by atoms with van der Waals surface area (Å²) in [7, 11) is 0. The number of allylic oxidation sites excluding steroid dienone is 1. The zero-order chi connectivity index (χ0) is 12.3. The highest BCUT2D eigenvalue weighted by Gasteiger charge is 2.32. The SMILES string of the molecule is C=CC(C)C1CC(c2ccccc2)CCC1O. The molecule has 0 aliphatic heterocycles. The van der Waals surface area contributed by atoms with E-state index in [9.17, 15) is 5.11 Å². The largest absolute Gasteiger partial charge is 0.393 e. The average molecular weight is 230 g/mol. The number of aliphatic hydroxyl groups is 1. The van der Waals surface area contributed by atoms with Crippen LogP contribution in [0.3, 0.4) is 0 Å². The summed E-state index contributed by atoms with van der Waals surface area (Å²) in [6.07, 6.45) is 4.93. The molecular formula is C16H22O. The van der Waals surface area contributed by atoms with Gasteiger partial charge in [-0.25, -0.2) is 0 Å². The van der Waals surface area contributed by atoms with Crippen LogP contribution in [0, 0.1) is 11.8 Å². The van der Waals surface area contributed by atoms with E-state index in [4.69, 9.17) is 0 Å². The van der Waals surface area contributed by atoms with Gasteiger partial charge in [-0.2, -0.15) is 0 Å². The zero-order valence-electron chi connectivity index (χ0n) is 10.5. The normalized spacial score (nSPS) is 30.8. The van der Waals surface area contributed by atoms with Gasteiger partial charge in [0.25, 0.3) is 0 Å². The van der Waals surface area contributed by atoms with Gasteiger partial charge in [0, 0.05) is 0 Å². The minimum Gasteiger partial charge on any atom is -0.393 e. The lowest BCUT2D eigenvalue weighted by molar-refractivity contribution is 0.0440. The fraction of sp³-hybridized carbons (Fsp3) is 0.500. The molecule has 1 N–H and O–H groups in total. The van der Waals surface area contributed by atoms with Gasteiger partial charge in [0.1, 0.15) is 0 Å². The van der Waals surface area contributed by atoms with Crippen molar-refractivity contribution in [2.24, 2.45) is 11.8 Å². The second-order valence-corrected chi connectivity index (χ2v) is 5.25. The van der Waals surface area contributed by atoms with E-state index >= 15 is 0 Å². The summed E-state index contributed by atoms with van der Waals surface area (Å²) in [5.74, 6) is 1.37. The first-order chi connectivity index (χ1) is 8.22. The highest BCUT2D eigenvalue weighted by molar-refractivity contribution is 5.20. The van der Waals surface area contributed by atoms with Crippen LogP contribution in [-0.2, 0) is 0 Å². The summed E-state index contributed by atoms with van der Waals surface area (Å²) in [5.41, 5.74) is 1.42. The van der Waals surface area contributed by atoms with Crippen molar-refractivity contribution in [3.05, 3.63) is 48.6 Å². The van der Waals surface area contributed by atoms with Crippen molar-refractivity contribution in [1.29, 1.82) is 0 Å². The van der Waals surface area contributed by atoms with E-state index in [2.05, 4.69) is 43.8 Å². The minimum absolute atomic E-state index is 0.150. The molecule has 1 aliphatic rings. The lowest BCUT2D eigenvalue weighted by Gasteiger charge is -2.36. The molecule has 17 heavy (non-hydrogen) atoms. The molecule has 1 aliphatic carbocycles. The van der Waals surface area contributed by atoms with Crippen LogP contribution in [0.15, 0.2) is 43.0 Å². The summed E-state index contributed by atoms with van der Waals surface area (Å²) in [4.78, 5) is 0. The van der Waals surface area contributed by atoms with E-state index in [-0.39, 0.29) is 6.10 Å². The summed E-state index contributed by atoms with van der Waals surface area (Å²) >= 11 is 0. The lowest BCUT2D eigenvalue weighted by atomic mass is 9.72. The van der Waals surface area contributed by atoms with Crippen LogP contribution in [0.2, 0.25) is 0 Å². The number of hydrogen-bond acceptors (Lipinski definition) is 1. The van der Waals surface area contributed by atoms with Gasteiger partial charge >= 0.3 is 0 Å². The van der Waals surface area contributed by atoms with Crippen LogP contribution in [-0.4, -0.2) is 11.2 Å². The van der Waals surface area contributed by atoms with Gasteiger partial charge in [0.05, 0.1) is 6.10 Å². The van der Waals surface area contributed by atoms with Crippen LogP contribution < -0.4 is 0 Å². The number of hydrogen-bond donors (Lipinski definition) is 1. The fourth-order valence-electron chi connectivity index (χ4n) is 2.96. The Hall–Kier alpha value is -1.08. The number of aliphatic hydroxyl groups excluding tert-OH is 1. The molecule has 0 aromatic heterocycles. The lowest BCUT2D eigenvalue weighted by Crippen LogP contribution is -2.32. The molecule has 0 bridgehead atoms. The van der Waals surface area contributed by atoms with Crippen molar-refractivity contribution in [2.75, 3.05) is 0 Å². The Kier molecular flexibility index (Phi) is 4.01. The van der Waals surface area contributed by atoms with Crippen LogP contribution >= 0.6 is 0 Å². The fourth-order valence-corrected chi connectivity index (χ4v) is 2.96. The van der Waals surface area contributed by atoms with Gasteiger partial charge in [-0.3, -0.25) is 0 Å². The summed E-state index contributed by atoms with van der Waals surface area (Å²) in [6.45, 7) is 6.02. The standard InChI is InChI=1S/C16H22O/c1-3-12(2)15-11-14(9-10-16(15)17)13-7-5-4-6-8-13/h3-8,12,14-17H,1,9-11H2,2H3. The van der Waals surface area contributed by atoms with Crippen molar-refractivity contribution in [1.82, 2.24) is 0 Å². The third-order valence-corrected chi connectivity index (χ3v) is 4.18. The molecule has 1 saturated carbocycles. The van der Waals surface area contributed by atoms with Crippen molar-refractivity contribution >= 4 is 0 Å². The summed E-state index contributed by atoms with van der Waals surface area (Å²) < 4.78 is 0. The highest BCUT2D eigenvalue weighted by atomic mass is 16.3. The number of benzene rings is 1. The zero-order valence-corrected chi connectivity index (χ0v) is 10.5. The molecule has 1 aromatic carbocycles. The molecule has 0 saturated heterocycles. The van der Waals surface area contributed by atoms with E-state index in [1.165, 1.54) is 5.56 Å². The Morgan fingerprint density at radius 1 is 1.29 bits per heavy atom. The van der Waals surface area contributed by atoms with Crippen LogP contribution in [0.1, 0.15) is 37.7 Å². The maximum Gasteiger partial charge on any atom is 0.0574 e. The van der Waals surface area contributed by atoms with Crippen LogP contribution in [0.4, 0.5) is 0 Å². The molecule has 0 heterocycles. The molecule has 0 amide bonds. The van der Waals surface area contributed by atoms with Gasteiger partial charge in [0.15, 0.2) is 0 Å². The Morgan fingerprint density at radius 3 is 2.65 bits per heavy atom. The van der Waals surface area contributed by atoms with Crippen LogP contribution in [0.5, 0.6) is 0 Å². The maximum absolute atomic E-state index is 10.1. The van der Waals surface area contributed by atoms with Crippen LogP contribution in [0.25, 0.3) is 0 Å². The second-order valence-electron chi connectivity index (χ2n) is 5.25. The quantitative estimate of drug-likeness (QED) is 0.784. The molecule has 2 rings (SSSR count). The number of rotatable bonds is 3. The Labute approximate surface area is 104 Å². The van der Waals surface area contributed by atoms with Crippen molar-refractivity contribution in [3.63, 3.8) is 0 Å². The highest BCUT2D eigenvalue weighted by Crippen LogP contribution is 2.39. The van der Waals surface area contributed by atoms with Gasteiger partial charge in [-0.05, 0) is 42.6 Å². The molecule has 4 atom stereocenters. The molecular weight excluding hydrogens is 208 g/mol. The van der Waals surface area contributed by atoms with Gasteiger partial charge in [-0.15, -0.1) is 6.58 Å². The first kappa shape index (κ1) is 12.4. The third kappa shape index (κ3) is 2.78. The van der Waals surface area contributed by atoms with Crippen molar-refractivity contribution in [3.8, 4) is 0 Å². The summed E-state index contributed by atoms with van der Waals surface area (Å²) in [6, 6.07) is 10.7. The maximum atomic E-state index is 10.1. The predicted molar refractivity (Wildman–Crippen MR) is 71.9 cm³/mol. The van der Waals surface area contributed by atoms with E-state index < -0.39 is 0 Å². The molecule has 1 nitrogen and oxygen atoms in total. The second kappa shape index (κ2) is 5.50. The van der Waals surface area contributed by atoms with Crippen molar-refractivity contribution < 1.29 is 5.11 Å². The van der Waals surface area contributed by atoms with Gasteiger partial charge in [-0.1, -0.05) is 43.3 Å². The van der Waals surface area contributed by atoms with Gasteiger partial charge < -0.3 is 5.11 Å². The minimum atomic E-state index is -0.150. The average Bonchev–Trinajstić information content (AvgIpc) is 2.39. The van der Waals surface area contributed by atoms with Gasteiger partial charge in [0.2, 0.25) is 0 Å². The molecule has 4 unspecified atom stereocenters. The topological polar surface area (TPSA) is 20.2 Å². The van der Waals surface area contributed by atoms with E-state index in [0.29, 0.717) is 17.8 Å². The summed E-state index contributed by atoms with van der Waals surface area (Å²) in [5, 5.41) is 10.1. The molecule has 1 aromatic rings. The van der Waals surface area contributed by atoms with Crippen molar-refractivity contribution in [2.45, 2.75) is 38.2 Å². The molecule has 0 spiro atoms. The predicted octanol–water partition coefficient (Wildman–Crippen LogP) is 3.75. The first-order valence-electron chi connectivity index (χ1n) is 6.58. The smallest absolute Gasteiger partial charge is 0.0574 e. The monoisotopic (exact) mass is 230 g/mol. The van der Waals surface area contributed by atoms with E-state index in [0.717, 1.165) is 19.3 Å². The Balaban J connectivity index is 2.10. The third-order valence-electron chi connectivity index (χ3n) is 4.18. The molecule has 0 radical (unpaired) electrons. The van der Waals surface area contributed by atoms with E-state index in [1.807, 2.05) is 6.08 Å². The molecule has 1 heteroatoms. The first-order valence-corrected chi connectivity index (χ1v) is 6.58. The van der Waals surface area contributed by atoms with E-state index in [1.54, 1.807) is 0 Å². The molecule has 92 valence electrons.